The summed E-state index contributed by atoms with van der Waals surface area (Å²) in [6.07, 6.45) is 0.983. The average Bonchev–Trinajstić information content (AvgIpc) is 3.40. The largest absolute Gasteiger partial charge is 0.466 e. The Morgan fingerprint density at radius 3 is 2.64 bits per heavy atom. The molecule has 2 aromatic rings. The summed E-state index contributed by atoms with van der Waals surface area (Å²) in [6, 6.07) is 0. The highest BCUT2D eigenvalue weighted by molar-refractivity contribution is 5.83. The lowest BCUT2D eigenvalue weighted by Crippen LogP contribution is -2.42. The van der Waals surface area contributed by atoms with Crippen molar-refractivity contribution in [3.63, 3.8) is 0 Å². The molecule has 5 N–H and O–H groups in total. The Balaban J connectivity index is 1.45. The van der Waals surface area contributed by atoms with Gasteiger partial charge in [-0.25, -0.2) is 15.0 Å². The van der Waals surface area contributed by atoms with E-state index in [-0.39, 0.29) is 23.3 Å². The molecule has 0 radical (unpaired) electrons. The molecular weight excluding hydrogens is 468 g/mol. The predicted molar refractivity (Wildman–Crippen MR) is 128 cm³/mol. The second-order valence-corrected chi connectivity index (χ2v) is 9.27. The van der Waals surface area contributed by atoms with Crippen LogP contribution in [0.5, 0.6) is 0 Å². The fraction of sp³-hybridized carbons (Fsp3) is 0.625. The van der Waals surface area contributed by atoms with E-state index in [4.69, 9.17) is 15.2 Å². The molecule has 4 rings (SSSR count). The molecule has 1 amide bonds. The molecule has 36 heavy (non-hydrogen) atoms. The number of nitrogens with two attached hydrogens (primary N) is 1. The lowest BCUT2D eigenvalue weighted by Gasteiger charge is -2.26. The zero-order valence-electron chi connectivity index (χ0n) is 20.4. The number of carbonyl (C=O) groups is 2. The molecule has 2 aromatic heterocycles. The molecule has 0 spiro atoms. The molecule has 1 saturated carbocycles. The second kappa shape index (κ2) is 11.2. The van der Waals surface area contributed by atoms with Crippen molar-refractivity contribution in [3.8, 4) is 11.8 Å². The van der Waals surface area contributed by atoms with E-state index in [0.29, 0.717) is 36.9 Å². The number of likely N-dealkylation sites (N-methyl/N-ethyl adjacent to an activating group) is 1. The van der Waals surface area contributed by atoms with Gasteiger partial charge >= 0.3 is 5.97 Å². The zero-order chi connectivity index (χ0) is 25.8. The van der Waals surface area contributed by atoms with Crippen LogP contribution in [0.4, 0.5) is 5.82 Å². The number of aliphatic hydroxyl groups is 2. The quantitative estimate of drug-likeness (QED) is 0.318. The van der Waals surface area contributed by atoms with E-state index in [9.17, 15) is 19.8 Å². The topological polar surface area (TPSA) is 175 Å². The number of nitrogen functional groups attached to an aromatic ring is 1. The third-order valence-corrected chi connectivity index (χ3v) is 6.65. The van der Waals surface area contributed by atoms with E-state index in [1.54, 1.807) is 6.92 Å². The molecule has 12 nitrogen and oxygen atoms in total. The Morgan fingerprint density at radius 2 is 1.94 bits per heavy atom. The normalized spacial score (nSPS) is 27.9. The van der Waals surface area contributed by atoms with Gasteiger partial charge in [0.2, 0.25) is 5.82 Å². The number of esters is 1. The summed E-state index contributed by atoms with van der Waals surface area (Å²) < 4.78 is 12.2. The third-order valence-electron chi connectivity index (χ3n) is 6.65. The molecule has 1 aliphatic heterocycles. The molecule has 3 heterocycles. The van der Waals surface area contributed by atoms with Gasteiger partial charge in [-0.1, -0.05) is 5.92 Å². The van der Waals surface area contributed by atoms with E-state index in [2.05, 4.69) is 32.1 Å². The Kier molecular flexibility index (Phi) is 8.03. The van der Waals surface area contributed by atoms with Gasteiger partial charge in [0.05, 0.1) is 12.9 Å². The number of fused-ring (bicyclic) bond motifs is 1. The summed E-state index contributed by atoms with van der Waals surface area (Å²) in [5.74, 6) is 6.54. The molecule has 0 aromatic carbocycles. The summed E-state index contributed by atoms with van der Waals surface area (Å²) in [5, 5.41) is 23.5. The van der Waals surface area contributed by atoms with Crippen LogP contribution in [0.2, 0.25) is 0 Å². The van der Waals surface area contributed by atoms with E-state index < -0.39 is 30.4 Å². The summed E-state index contributed by atoms with van der Waals surface area (Å²) >= 11 is 0. The summed E-state index contributed by atoms with van der Waals surface area (Å²) in [6.45, 7) is 4.02. The molecule has 194 valence electrons. The number of hydrogen-bond donors (Lipinski definition) is 4. The molecule has 0 unspecified atom stereocenters. The van der Waals surface area contributed by atoms with E-state index in [0.717, 1.165) is 25.7 Å². The third kappa shape index (κ3) is 5.59. The number of aromatic nitrogens is 4. The molecule has 1 saturated heterocycles. The van der Waals surface area contributed by atoms with Crippen LogP contribution >= 0.6 is 0 Å². The van der Waals surface area contributed by atoms with Crippen molar-refractivity contribution >= 4 is 28.9 Å². The number of hydrogen-bond acceptors (Lipinski definition) is 10. The van der Waals surface area contributed by atoms with E-state index in [1.165, 1.54) is 17.8 Å². The van der Waals surface area contributed by atoms with Gasteiger partial charge in [0.1, 0.15) is 17.7 Å². The number of carbonyl (C=O) groups excluding carboxylic acids is 2. The van der Waals surface area contributed by atoms with Gasteiger partial charge in [0.25, 0.3) is 5.91 Å². The lowest BCUT2D eigenvalue weighted by atomic mass is 9.81. The number of anilines is 1. The number of imidazole rings is 1. The minimum absolute atomic E-state index is 0.127. The molecular formula is C24H32N6O6. The van der Waals surface area contributed by atoms with Crippen LogP contribution in [0.3, 0.4) is 0 Å². The maximum Gasteiger partial charge on any atom is 0.302 e. The van der Waals surface area contributed by atoms with Gasteiger partial charge < -0.3 is 30.7 Å². The maximum absolute atomic E-state index is 12.2. The Bertz CT molecular complexity index is 1170. The molecule has 1 aliphatic carbocycles. The van der Waals surface area contributed by atoms with Crippen LogP contribution in [0.1, 0.15) is 58.0 Å². The number of nitrogens with zero attached hydrogens (tertiary/aromatic N) is 4. The summed E-state index contributed by atoms with van der Waals surface area (Å²) in [4.78, 5) is 36.1. The minimum atomic E-state index is -1.42. The molecule has 4 atom stereocenters. The first-order valence-corrected chi connectivity index (χ1v) is 12.2. The Hall–Kier alpha value is -3.27. The first-order valence-electron chi connectivity index (χ1n) is 12.2. The fourth-order valence-corrected chi connectivity index (χ4v) is 4.67. The fourth-order valence-electron chi connectivity index (χ4n) is 4.67. The predicted octanol–water partition coefficient (Wildman–Crippen LogP) is 0.275. The van der Waals surface area contributed by atoms with Crippen LogP contribution < -0.4 is 11.1 Å². The maximum atomic E-state index is 12.2. The van der Waals surface area contributed by atoms with Crippen LogP contribution in [0.15, 0.2) is 6.33 Å². The van der Waals surface area contributed by atoms with Crippen molar-refractivity contribution < 1.29 is 29.3 Å². The van der Waals surface area contributed by atoms with Crippen molar-refractivity contribution in [2.24, 2.45) is 11.8 Å². The smallest absolute Gasteiger partial charge is 0.302 e. The van der Waals surface area contributed by atoms with E-state index in [1.807, 2.05) is 0 Å². The minimum Gasteiger partial charge on any atom is -0.466 e. The van der Waals surface area contributed by atoms with Crippen LogP contribution in [-0.2, 0) is 19.1 Å². The van der Waals surface area contributed by atoms with Gasteiger partial charge in [0, 0.05) is 19.9 Å². The van der Waals surface area contributed by atoms with Crippen LogP contribution in [0.25, 0.3) is 11.2 Å². The van der Waals surface area contributed by atoms with Crippen LogP contribution in [0, 0.1) is 23.7 Å². The number of nitrogens with one attached hydrogen (secondary N) is 1. The van der Waals surface area contributed by atoms with Gasteiger partial charge in [-0.05, 0) is 50.4 Å². The summed E-state index contributed by atoms with van der Waals surface area (Å²) in [5.41, 5.74) is 6.67. The number of ether oxygens (including phenoxy) is 2. The van der Waals surface area contributed by atoms with Crippen molar-refractivity contribution in [3.05, 3.63) is 12.2 Å². The highest BCUT2D eigenvalue weighted by Gasteiger charge is 2.47. The number of rotatable bonds is 6. The first kappa shape index (κ1) is 25.8. The Labute approximate surface area is 208 Å². The average molecular weight is 501 g/mol. The van der Waals surface area contributed by atoms with Gasteiger partial charge in [0.15, 0.2) is 23.8 Å². The zero-order valence-corrected chi connectivity index (χ0v) is 20.4. The van der Waals surface area contributed by atoms with Gasteiger partial charge in [-0.15, -0.1) is 0 Å². The van der Waals surface area contributed by atoms with E-state index >= 15 is 0 Å². The standard InChI is InChI=1S/C24H32N6O6/c1-3-26-23(34)20-18(32)19(33)24(36-20)30-12-27-17-21(25)28-16(29-22(17)30)6-4-5-14-7-9-15(10-8-14)11-35-13(2)31/h12,14-15,18-20,24,32-33H,3,5,7-11H2,1-2H3,(H,26,34)(H2,25,28,29)/t14?,15?,18-,19+,20-,24+/m0/s1. The van der Waals surface area contributed by atoms with Crippen molar-refractivity contribution in [2.75, 3.05) is 18.9 Å². The van der Waals surface area contributed by atoms with Crippen molar-refractivity contribution in [2.45, 2.75) is 70.5 Å². The second-order valence-electron chi connectivity index (χ2n) is 9.27. The highest BCUT2D eigenvalue weighted by Crippen LogP contribution is 2.33. The van der Waals surface area contributed by atoms with Crippen molar-refractivity contribution in [1.82, 2.24) is 24.8 Å². The molecule has 2 fully saturated rings. The van der Waals surface area contributed by atoms with Crippen molar-refractivity contribution in [1.29, 1.82) is 0 Å². The monoisotopic (exact) mass is 500 g/mol. The molecule has 2 aliphatic rings. The summed E-state index contributed by atoms with van der Waals surface area (Å²) in [7, 11) is 0. The van der Waals surface area contributed by atoms with Gasteiger partial charge in [-0.3, -0.25) is 14.2 Å². The Morgan fingerprint density at radius 1 is 1.22 bits per heavy atom. The van der Waals surface area contributed by atoms with Gasteiger partial charge in [-0.2, -0.15) is 0 Å². The molecule has 12 heteroatoms. The highest BCUT2D eigenvalue weighted by atomic mass is 16.6. The SMILES string of the molecule is CCNC(=O)[C@H]1O[C@@H](n2cnc3c(N)nc(C#CCC4CCC(COC(C)=O)CC4)nc32)[C@H](O)[C@@H]1O. The first-order chi connectivity index (χ1) is 17.3. The number of amides is 1. The number of aliphatic hydroxyl groups excluding tert-OH is 2. The van der Waals surface area contributed by atoms with Crippen LogP contribution in [-0.4, -0.2) is 73.1 Å². The molecule has 0 bridgehead atoms. The lowest BCUT2D eigenvalue weighted by molar-refractivity contribution is -0.142.